The zero-order chi connectivity index (χ0) is 14.8. The van der Waals surface area contributed by atoms with Gasteiger partial charge < -0.3 is 10.6 Å². The first-order valence-corrected chi connectivity index (χ1v) is 7.76. The molecule has 0 saturated carbocycles. The van der Waals surface area contributed by atoms with Gasteiger partial charge in [-0.3, -0.25) is 0 Å². The van der Waals surface area contributed by atoms with Crippen molar-refractivity contribution in [1.82, 2.24) is 0 Å². The number of fused-ring (bicyclic) bond motifs is 1. The molecule has 1 heterocycles. The number of hydrogen-bond acceptors (Lipinski definition) is 2. The van der Waals surface area contributed by atoms with Crippen molar-refractivity contribution in [3.63, 3.8) is 0 Å². The molecule has 0 aliphatic carbocycles. The third-order valence-corrected chi connectivity index (χ3v) is 4.30. The SMILES string of the molecule is CC1Cc2ccccc2N(Cc2ccccc2C(N)=S)C1. The molecular formula is C18H20N2S. The Labute approximate surface area is 131 Å². The van der Waals surface area contributed by atoms with Gasteiger partial charge in [0.05, 0.1) is 0 Å². The van der Waals surface area contributed by atoms with E-state index < -0.39 is 0 Å². The Hall–Kier alpha value is -1.87. The van der Waals surface area contributed by atoms with E-state index in [-0.39, 0.29) is 0 Å². The summed E-state index contributed by atoms with van der Waals surface area (Å²) in [7, 11) is 0. The number of benzene rings is 2. The van der Waals surface area contributed by atoms with E-state index in [9.17, 15) is 0 Å². The van der Waals surface area contributed by atoms with Crippen LogP contribution >= 0.6 is 12.2 Å². The van der Waals surface area contributed by atoms with Crippen LogP contribution < -0.4 is 10.6 Å². The third-order valence-electron chi connectivity index (χ3n) is 4.08. The van der Waals surface area contributed by atoms with Crippen molar-refractivity contribution in [1.29, 1.82) is 0 Å². The van der Waals surface area contributed by atoms with E-state index in [1.54, 1.807) is 0 Å². The van der Waals surface area contributed by atoms with Gasteiger partial charge in [0, 0.05) is 24.3 Å². The summed E-state index contributed by atoms with van der Waals surface area (Å²) in [6, 6.07) is 16.9. The summed E-state index contributed by atoms with van der Waals surface area (Å²) in [5.74, 6) is 0.664. The number of nitrogens with zero attached hydrogens (tertiary/aromatic N) is 1. The van der Waals surface area contributed by atoms with Crippen molar-refractivity contribution in [2.24, 2.45) is 11.7 Å². The summed E-state index contributed by atoms with van der Waals surface area (Å²) in [5.41, 5.74) is 10.8. The number of rotatable bonds is 3. The second-order valence-electron chi connectivity index (χ2n) is 5.84. The predicted molar refractivity (Wildman–Crippen MR) is 92.7 cm³/mol. The molecule has 0 spiro atoms. The van der Waals surface area contributed by atoms with E-state index in [0.717, 1.165) is 25.1 Å². The molecule has 3 heteroatoms. The Morgan fingerprint density at radius 1 is 1.19 bits per heavy atom. The normalized spacial score (nSPS) is 17.4. The summed E-state index contributed by atoms with van der Waals surface area (Å²) in [5, 5.41) is 0. The Morgan fingerprint density at radius 3 is 2.71 bits per heavy atom. The molecule has 0 radical (unpaired) electrons. The van der Waals surface area contributed by atoms with Crippen molar-refractivity contribution in [3.8, 4) is 0 Å². The molecule has 2 nitrogen and oxygen atoms in total. The van der Waals surface area contributed by atoms with Gasteiger partial charge in [0.1, 0.15) is 4.99 Å². The van der Waals surface area contributed by atoms with E-state index in [1.807, 2.05) is 12.1 Å². The average molecular weight is 296 g/mol. The van der Waals surface area contributed by atoms with Crippen molar-refractivity contribution < 1.29 is 0 Å². The monoisotopic (exact) mass is 296 g/mol. The first kappa shape index (κ1) is 14.1. The molecule has 0 amide bonds. The van der Waals surface area contributed by atoms with E-state index in [4.69, 9.17) is 18.0 Å². The fourth-order valence-electron chi connectivity index (χ4n) is 3.16. The summed E-state index contributed by atoms with van der Waals surface area (Å²) < 4.78 is 0. The molecular weight excluding hydrogens is 276 g/mol. The maximum atomic E-state index is 5.85. The molecule has 0 aromatic heterocycles. The van der Waals surface area contributed by atoms with Crippen LogP contribution in [0.3, 0.4) is 0 Å². The number of thiocarbonyl (C=S) groups is 1. The highest BCUT2D eigenvalue weighted by molar-refractivity contribution is 7.80. The van der Waals surface area contributed by atoms with Gasteiger partial charge in [0.25, 0.3) is 0 Å². The zero-order valence-corrected chi connectivity index (χ0v) is 13.1. The smallest absolute Gasteiger partial charge is 0.104 e. The Balaban J connectivity index is 1.94. The summed E-state index contributed by atoms with van der Waals surface area (Å²) >= 11 is 5.18. The molecule has 2 aromatic rings. The van der Waals surface area contributed by atoms with Gasteiger partial charge in [-0.2, -0.15) is 0 Å². The number of nitrogens with two attached hydrogens (primary N) is 1. The Bertz CT molecular complexity index is 666. The molecule has 108 valence electrons. The molecule has 1 atom stereocenters. The van der Waals surface area contributed by atoms with Gasteiger partial charge in [0.15, 0.2) is 0 Å². The lowest BCUT2D eigenvalue weighted by Gasteiger charge is -2.35. The molecule has 2 N–H and O–H groups in total. The van der Waals surface area contributed by atoms with Gasteiger partial charge in [-0.05, 0) is 29.5 Å². The third kappa shape index (κ3) is 2.93. The number of anilines is 1. The topological polar surface area (TPSA) is 29.3 Å². The predicted octanol–water partition coefficient (Wildman–Crippen LogP) is 3.52. The lowest BCUT2D eigenvalue weighted by Crippen LogP contribution is -2.34. The van der Waals surface area contributed by atoms with Crippen LogP contribution in [0.4, 0.5) is 5.69 Å². The summed E-state index contributed by atoms with van der Waals surface area (Å²) in [6.45, 7) is 4.24. The Morgan fingerprint density at radius 2 is 1.90 bits per heavy atom. The minimum Gasteiger partial charge on any atom is -0.389 e. The minimum atomic E-state index is 0.476. The van der Waals surface area contributed by atoms with Crippen molar-refractivity contribution in [2.45, 2.75) is 19.9 Å². The molecule has 0 saturated heterocycles. The van der Waals surface area contributed by atoms with Crippen LogP contribution in [-0.2, 0) is 13.0 Å². The first-order valence-electron chi connectivity index (χ1n) is 7.35. The van der Waals surface area contributed by atoms with Crippen LogP contribution in [0.1, 0.15) is 23.6 Å². The number of para-hydroxylation sites is 1. The highest BCUT2D eigenvalue weighted by Crippen LogP contribution is 2.31. The second-order valence-corrected chi connectivity index (χ2v) is 6.28. The fraction of sp³-hybridized carbons (Fsp3) is 0.278. The zero-order valence-electron chi connectivity index (χ0n) is 12.3. The molecule has 21 heavy (non-hydrogen) atoms. The van der Waals surface area contributed by atoms with Crippen LogP contribution in [0, 0.1) is 5.92 Å². The number of hydrogen-bond donors (Lipinski definition) is 1. The van der Waals surface area contributed by atoms with Gasteiger partial charge in [0.2, 0.25) is 0 Å². The molecule has 0 fully saturated rings. The second kappa shape index (κ2) is 5.86. The fourth-order valence-corrected chi connectivity index (χ4v) is 3.36. The molecule has 1 aliphatic rings. The van der Waals surface area contributed by atoms with Crippen LogP contribution in [0.25, 0.3) is 0 Å². The standard InChI is InChI=1S/C18H20N2S/c1-13-10-14-6-3-5-9-17(14)20(11-13)12-15-7-2-4-8-16(15)18(19)21/h2-9,13H,10-12H2,1H3,(H2,19,21). The lowest BCUT2D eigenvalue weighted by molar-refractivity contribution is 0.530. The van der Waals surface area contributed by atoms with Gasteiger partial charge in [-0.25, -0.2) is 0 Å². The van der Waals surface area contributed by atoms with Crippen molar-refractivity contribution >= 4 is 22.9 Å². The molecule has 3 rings (SSSR count). The highest BCUT2D eigenvalue weighted by atomic mass is 32.1. The van der Waals surface area contributed by atoms with Crippen molar-refractivity contribution in [3.05, 3.63) is 65.2 Å². The van der Waals surface area contributed by atoms with Gasteiger partial charge in [-0.1, -0.05) is 61.6 Å². The summed E-state index contributed by atoms with van der Waals surface area (Å²) in [6.07, 6.45) is 1.16. The van der Waals surface area contributed by atoms with Crippen LogP contribution in [0.15, 0.2) is 48.5 Å². The van der Waals surface area contributed by atoms with Crippen molar-refractivity contribution in [2.75, 3.05) is 11.4 Å². The molecule has 0 bridgehead atoms. The van der Waals surface area contributed by atoms with E-state index in [2.05, 4.69) is 48.2 Å². The minimum absolute atomic E-state index is 0.476. The maximum Gasteiger partial charge on any atom is 0.104 e. The van der Waals surface area contributed by atoms with Crippen LogP contribution in [-0.4, -0.2) is 11.5 Å². The molecule has 1 aliphatic heterocycles. The van der Waals surface area contributed by atoms with Gasteiger partial charge in [-0.15, -0.1) is 0 Å². The summed E-state index contributed by atoms with van der Waals surface area (Å²) in [4.78, 5) is 2.92. The van der Waals surface area contributed by atoms with Crippen LogP contribution in [0.2, 0.25) is 0 Å². The quantitative estimate of drug-likeness (QED) is 0.879. The van der Waals surface area contributed by atoms with E-state index in [1.165, 1.54) is 16.8 Å². The largest absolute Gasteiger partial charge is 0.389 e. The highest BCUT2D eigenvalue weighted by Gasteiger charge is 2.22. The van der Waals surface area contributed by atoms with E-state index in [0.29, 0.717) is 10.9 Å². The lowest BCUT2D eigenvalue weighted by atomic mass is 9.93. The molecule has 1 unspecified atom stereocenters. The average Bonchev–Trinajstić information content (AvgIpc) is 2.47. The first-order chi connectivity index (χ1) is 10.1. The van der Waals surface area contributed by atoms with E-state index >= 15 is 0 Å². The maximum absolute atomic E-state index is 5.85. The van der Waals surface area contributed by atoms with Gasteiger partial charge >= 0.3 is 0 Å². The Kier molecular flexibility index (Phi) is 3.93. The van der Waals surface area contributed by atoms with Crippen LogP contribution in [0.5, 0.6) is 0 Å². The molecule has 2 aromatic carbocycles.